The number of aromatic nitrogens is 1. The Kier molecular flexibility index (Phi) is 14.7. The first kappa shape index (κ1) is 58.0. The van der Waals surface area contributed by atoms with Gasteiger partial charge in [-0.3, -0.25) is 0 Å². The maximum Gasteiger partial charge on any atom is 0.420 e. The van der Waals surface area contributed by atoms with Crippen molar-refractivity contribution in [3.8, 4) is 11.1 Å². The molecule has 0 saturated heterocycles. The minimum atomic E-state index is -0.176. The Morgan fingerprint density at radius 3 is 1.39 bits per heavy atom. The van der Waals surface area contributed by atoms with Crippen LogP contribution in [0.5, 0.6) is 0 Å². The highest BCUT2D eigenvalue weighted by Crippen LogP contribution is 2.53. The van der Waals surface area contributed by atoms with Crippen molar-refractivity contribution in [2.45, 2.75) is 58.8 Å². The molecule has 6 heteroatoms. The van der Waals surface area contributed by atoms with E-state index in [1.807, 2.05) is 0 Å². The molecule has 16 rings (SSSR count). The first-order valence-corrected chi connectivity index (χ1v) is 33.1. The number of anilines is 10. The Hall–Kier alpha value is -11.1. The summed E-state index contributed by atoms with van der Waals surface area (Å²) in [6, 6.07) is 115. The molecule has 13 aromatic carbocycles. The van der Waals surface area contributed by atoms with Crippen molar-refractivity contribution in [1.82, 2.24) is 4.57 Å². The fourth-order valence-electron chi connectivity index (χ4n) is 15.2. The van der Waals surface area contributed by atoms with Crippen molar-refractivity contribution in [1.29, 1.82) is 0 Å². The number of fused-ring (bicyclic) bond motifs is 7. The van der Waals surface area contributed by atoms with E-state index in [-0.39, 0.29) is 18.3 Å². The second kappa shape index (κ2) is 23.9. The maximum atomic E-state index is 2.52. The van der Waals surface area contributed by atoms with Gasteiger partial charge in [-0.2, -0.15) is 0 Å². The predicted molar refractivity (Wildman–Crippen MR) is 398 cm³/mol. The minimum absolute atomic E-state index is 0.119. The first-order valence-electron chi connectivity index (χ1n) is 33.1. The van der Waals surface area contributed by atoms with E-state index in [1.54, 1.807) is 0 Å². The van der Waals surface area contributed by atoms with Crippen LogP contribution in [-0.4, -0.2) is 11.5 Å². The number of hydrogen-bond donors (Lipinski definition) is 0. The summed E-state index contributed by atoms with van der Waals surface area (Å²) in [5.41, 5.74) is 30.7. The van der Waals surface area contributed by atoms with Crippen molar-refractivity contribution in [3.63, 3.8) is 0 Å². The van der Waals surface area contributed by atoms with E-state index in [1.165, 1.54) is 117 Å². The topological polar surface area (TPSA) is 17.9 Å². The Bertz CT molecular complexity index is 5030. The van der Waals surface area contributed by atoms with Gasteiger partial charge in [0, 0.05) is 80.2 Å². The molecule has 2 heterocycles. The van der Waals surface area contributed by atoms with Crippen molar-refractivity contribution in [2.75, 3.05) is 19.4 Å². The van der Waals surface area contributed by atoms with Crippen LogP contribution < -0.4 is 24.9 Å². The highest BCUT2D eigenvalue weighted by Gasteiger charge is 2.44. The molecule has 1 aliphatic carbocycles. The van der Waals surface area contributed by atoms with Gasteiger partial charge in [0.15, 0.2) is 0 Å². The normalized spacial score (nSPS) is 13.3. The van der Waals surface area contributed by atoms with Crippen molar-refractivity contribution in [2.24, 2.45) is 7.05 Å². The first-order chi connectivity index (χ1) is 46.0. The van der Waals surface area contributed by atoms with Crippen LogP contribution in [-0.2, 0) is 25.3 Å². The predicted octanol–water partition coefficient (Wildman–Crippen LogP) is 22.2. The van der Waals surface area contributed by atoms with Gasteiger partial charge in [0.25, 0.3) is 0 Å². The van der Waals surface area contributed by atoms with E-state index >= 15 is 0 Å². The molecule has 5 nitrogen and oxygen atoms in total. The van der Waals surface area contributed by atoms with Gasteiger partial charge in [-0.15, -0.1) is 0 Å². The van der Waals surface area contributed by atoms with Crippen LogP contribution in [0.15, 0.2) is 309 Å². The molecule has 1 unspecified atom stereocenters. The summed E-state index contributed by atoms with van der Waals surface area (Å²) in [5.74, 6) is 0.252. The number of aryl methyl sites for hydroxylation is 4. The van der Waals surface area contributed by atoms with E-state index in [4.69, 9.17) is 0 Å². The van der Waals surface area contributed by atoms with Crippen LogP contribution in [0.3, 0.4) is 0 Å². The SMILES string of the molecule is Cc1ccc(N(c2ccc(Cc3ccc(N(c4ccccc4)c4ccc5c6cc7c(cc6n(C)c5c4)-c4ccc(C(Cc5ccccc5)c5ccccc5)cc4C7(C)C)cc3)cc2)c2ccc(B3N(c4ccccc4C)c4ccccc4N3c3ccccc3C)cc2)cc1. The summed E-state index contributed by atoms with van der Waals surface area (Å²) in [4.78, 5) is 9.82. The summed E-state index contributed by atoms with van der Waals surface area (Å²) < 4.78 is 2.41. The molecule has 1 aliphatic heterocycles. The lowest BCUT2D eigenvalue weighted by Gasteiger charge is -2.32. The fourth-order valence-corrected chi connectivity index (χ4v) is 15.2. The molecule has 454 valence electrons. The van der Waals surface area contributed by atoms with Crippen LogP contribution in [0, 0.1) is 20.8 Å². The molecule has 1 atom stereocenters. The fraction of sp³-hybridized carbons (Fsp3) is 0.114. The molecule has 0 amide bonds. The van der Waals surface area contributed by atoms with E-state index in [2.05, 4.69) is 375 Å². The summed E-state index contributed by atoms with van der Waals surface area (Å²) in [6.45, 7) is 11.3. The lowest BCUT2D eigenvalue weighted by atomic mass is 9.64. The van der Waals surface area contributed by atoms with Crippen LogP contribution in [0.2, 0.25) is 0 Å². The number of hydrogen-bond acceptors (Lipinski definition) is 4. The zero-order valence-corrected chi connectivity index (χ0v) is 54.2. The van der Waals surface area contributed by atoms with Gasteiger partial charge in [0.05, 0.1) is 16.9 Å². The van der Waals surface area contributed by atoms with E-state index in [9.17, 15) is 0 Å². The molecule has 1 aromatic heterocycles. The Labute approximate surface area is 553 Å². The summed E-state index contributed by atoms with van der Waals surface area (Å²) in [5, 5.41) is 2.55. The highest BCUT2D eigenvalue weighted by atomic mass is 15.3. The second-order valence-electron chi connectivity index (χ2n) is 26.4. The molecular formula is C88H74BN5. The maximum absolute atomic E-state index is 2.52. The third-order valence-electron chi connectivity index (χ3n) is 20.1. The monoisotopic (exact) mass is 1210 g/mol. The molecule has 0 bridgehead atoms. The highest BCUT2D eigenvalue weighted by molar-refractivity contribution is 6.84. The quantitative estimate of drug-likeness (QED) is 0.0952. The van der Waals surface area contributed by atoms with Crippen molar-refractivity contribution < 1.29 is 0 Å². The zero-order chi connectivity index (χ0) is 63.6. The molecule has 94 heavy (non-hydrogen) atoms. The van der Waals surface area contributed by atoms with Crippen molar-refractivity contribution >= 4 is 91.1 Å². The van der Waals surface area contributed by atoms with Crippen LogP contribution in [0.4, 0.5) is 56.9 Å². The number of rotatable bonds is 15. The van der Waals surface area contributed by atoms with Gasteiger partial charge in [-0.05, 0) is 209 Å². The van der Waals surface area contributed by atoms with Gasteiger partial charge in [-0.25, -0.2) is 0 Å². The average Bonchev–Trinajstić information content (AvgIpc) is 1.56. The Morgan fingerprint density at radius 2 is 0.819 bits per heavy atom. The number of para-hydroxylation sites is 5. The number of benzene rings is 13. The lowest BCUT2D eigenvalue weighted by Crippen LogP contribution is -2.53. The van der Waals surface area contributed by atoms with Crippen LogP contribution in [0.25, 0.3) is 32.9 Å². The van der Waals surface area contributed by atoms with Gasteiger partial charge >= 0.3 is 6.98 Å². The largest absolute Gasteiger partial charge is 0.420 e. The zero-order valence-electron chi connectivity index (χ0n) is 54.2. The van der Waals surface area contributed by atoms with Gasteiger partial charge in [-0.1, -0.05) is 220 Å². The Balaban J connectivity index is 0.680. The summed E-state index contributed by atoms with van der Waals surface area (Å²) >= 11 is 0. The third kappa shape index (κ3) is 10.3. The van der Waals surface area contributed by atoms with Gasteiger partial charge in [0.1, 0.15) is 0 Å². The molecule has 0 N–H and O–H groups in total. The molecule has 0 saturated carbocycles. The van der Waals surface area contributed by atoms with Gasteiger partial charge in [0.2, 0.25) is 0 Å². The third-order valence-corrected chi connectivity index (χ3v) is 20.1. The van der Waals surface area contributed by atoms with E-state index < -0.39 is 0 Å². The molecule has 0 spiro atoms. The molecule has 0 radical (unpaired) electrons. The van der Waals surface area contributed by atoms with Crippen LogP contribution in [0.1, 0.15) is 75.4 Å². The van der Waals surface area contributed by atoms with Crippen molar-refractivity contribution in [3.05, 3.63) is 365 Å². The lowest BCUT2D eigenvalue weighted by molar-refractivity contribution is 0.658. The Morgan fingerprint density at radius 1 is 0.362 bits per heavy atom. The standard InChI is InChI=1S/C88H74BN5/c1-60-34-43-70(44-35-60)91(73-49-41-68(42-50-73)89-93(82-30-18-16-22-61(82)2)84-32-20-21-33-85(84)94(89)83-31-19-17-23-62(83)3)71-45-36-64(37-46-71)54-65-38-47-72(48-39-65)92(69-28-14-9-15-29-69)74-51-53-76-79-58-81-78(59-87(79)90(6)86(76)57-74)75-52-40-67(56-80(75)88(81,4)5)77(66-26-12-8-13-27-66)55-63-24-10-7-11-25-63/h7-53,56-59,77H,54-55H2,1-6H3. The number of nitrogens with zero attached hydrogens (tertiary/aromatic N) is 5. The molecule has 14 aromatic rings. The van der Waals surface area contributed by atoms with Gasteiger partial charge < -0.3 is 24.0 Å². The van der Waals surface area contributed by atoms with E-state index in [0.717, 1.165) is 47.0 Å². The summed E-state index contributed by atoms with van der Waals surface area (Å²) in [6.07, 6.45) is 1.76. The van der Waals surface area contributed by atoms with Crippen LogP contribution >= 0.6 is 0 Å². The molecule has 0 fully saturated rings. The summed E-state index contributed by atoms with van der Waals surface area (Å²) in [7, 11) is 2.24. The molecule has 2 aliphatic rings. The minimum Gasteiger partial charge on any atom is -0.360 e. The molecular weight excluding hydrogens is 1140 g/mol. The van der Waals surface area contributed by atoms with E-state index in [0.29, 0.717) is 0 Å². The smallest absolute Gasteiger partial charge is 0.360 e. The average molecular weight is 1210 g/mol. The second-order valence-corrected chi connectivity index (χ2v) is 26.4.